The van der Waals surface area contributed by atoms with Gasteiger partial charge in [0, 0.05) is 17.9 Å². The Kier molecular flexibility index (Phi) is 7.58. The largest absolute Gasteiger partial charge is 0.350 e. The van der Waals surface area contributed by atoms with Crippen LogP contribution in [0.3, 0.4) is 0 Å². The van der Waals surface area contributed by atoms with Crippen LogP contribution >= 0.6 is 11.3 Å². The maximum absolute atomic E-state index is 13.1. The van der Waals surface area contributed by atoms with Gasteiger partial charge in [-0.25, -0.2) is 4.98 Å². The van der Waals surface area contributed by atoms with Crippen LogP contribution in [0.4, 0.5) is 5.13 Å². The summed E-state index contributed by atoms with van der Waals surface area (Å²) in [4.78, 5) is 29.0. The molecule has 1 aromatic heterocycles. The van der Waals surface area contributed by atoms with Gasteiger partial charge in [0.2, 0.25) is 11.8 Å². The molecule has 0 bridgehead atoms. The van der Waals surface area contributed by atoms with Crippen molar-refractivity contribution in [2.75, 3.05) is 5.32 Å². The van der Waals surface area contributed by atoms with Gasteiger partial charge < -0.3 is 10.6 Å². The number of carbonyl (C=O) groups is 2. The number of hydrogen-bond donors (Lipinski definition) is 2. The summed E-state index contributed by atoms with van der Waals surface area (Å²) in [7, 11) is 0. The minimum absolute atomic E-state index is 0.0269. The van der Waals surface area contributed by atoms with Crippen molar-refractivity contribution in [2.24, 2.45) is 5.92 Å². The van der Waals surface area contributed by atoms with Crippen LogP contribution in [0.1, 0.15) is 57.2 Å². The second-order valence-corrected chi connectivity index (χ2v) is 8.70. The van der Waals surface area contributed by atoms with Gasteiger partial charge in [-0.3, -0.25) is 9.59 Å². The minimum atomic E-state index is -0.215. The predicted molar refractivity (Wildman–Crippen MR) is 127 cm³/mol. The van der Waals surface area contributed by atoms with Gasteiger partial charge in [-0.2, -0.15) is 0 Å². The first-order valence-corrected chi connectivity index (χ1v) is 11.5. The zero-order valence-corrected chi connectivity index (χ0v) is 19.2. The predicted octanol–water partition coefficient (Wildman–Crippen LogP) is 5.78. The van der Waals surface area contributed by atoms with Gasteiger partial charge in [0.15, 0.2) is 5.13 Å². The van der Waals surface area contributed by atoms with Gasteiger partial charge in [-0.15, -0.1) is 11.3 Å². The van der Waals surface area contributed by atoms with Crippen LogP contribution in [0.2, 0.25) is 0 Å². The second-order valence-electron chi connectivity index (χ2n) is 7.85. The molecule has 0 spiro atoms. The van der Waals surface area contributed by atoms with Gasteiger partial charge in [0.05, 0.1) is 17.7 Å². The van der Waals surface area contributed by atoms with Crippen LogP contribution in [-0.2, 0) is 9.59 Å². The Balaban J connectivity index is 1.73. The first-order chi connectivity index (χ1) is 14.9. The number of rotatable bonds is 8. The summed E-state index contributed by atoms with van der Waals surface area (Å²) in [6.45, 7) is 7.67. The van der Waals surface area contributed by atoms with Gasteiger partial charge in [0.25, 0.3) is 0 Å². The van der Waals surface area contributed by atoms with Crippen molar-refractivity contribution < 1.29 is 9.59 Å². The summed E-state index contributed by atoms with van der Waals surface area (Å²) in [5.41, 5.74) is 3.84. The van der Waals surface area contributed by atoms with Crippen LogP contribution in [0.5, 0.6) is 0 Å². The molecule has 0 fully saturated rings. The molecule has 2 amide bonds. The zero-order valence-electron chi connectivity index (χ0n) is 18.4. The first-order valence-electron chi connectivity index (χ1n) is 10.6. The number of hydrogen-bond acceptors (Lipinski definition) is 4. The van der Waals surface area contributed by atoms with Crippen molar-refractivity contribution in [2.45, 2.75) is 46.1 Å². The van der Waals surface area contributed by atoms with Crippen molar-refractivity contribution in [1.29, 1.82) is 0 Å². The van der Waals surface area contributed by atoms with Crippen LogP contribution < -0.4 is 10.6 Å². The second kappa shape index (κ2) is 10.4. The molecule has 1 heterocycles. The fourth-order valence-corrected chi connectivity index (χ4v) is 4.33. The Morgan fingerprint density at radius 2 is 1.68 bits per heavy atom. The molecule has 3 unspecified atom stereocenters. The summed E-state index contributed by atoms with van der Waals surface area (Å²) in [5, 5.41) is 8.44. The van der Waals surface area contributed by atoms with E-state index in [4.69, 9.17) is 0 Å². The molecule has 6 heteroatoms. The Bertz CT molecular complexity index is 1010. The number of benzene rings is 2. The van der Waals surface area contributed by atoms with Gasteiger partial charge >= 0.3 is 0 Å². The number of aromatic nitrogens is 1. The third-order valence-corrected chi connectivity index (χ3v) is 6.27. The summed E-state index contributed by atoms with van der Waals surface area (Å²) in [5.74, 6) is -0.0725. The lowest BCUT2D eigenvalue weighted by Gasteiger charge is -2.22. The lowest BCUT2D eigenvalue weighted by Crippen LogP contribution is -2.26. The highest BCUT2D eigenvalue weighted by molar-refractivity contribution is 7.14. The van der Waals surface area contributed by atoms with Crippen LogP contribution in [0.25, 0.3) is 11.3 Å². The van der Waals surface area contributed by atoms with Crippen molar-refractivity contribution >= 4 is 28.3 Å². The number of nitrogens with one attached hydrogen (secondary N) is 2. The number of nitrogens with zero attached hydrogens (tertiary/aromatic N) is 1. The third kappa shape index (κ3) is 5.79. The zero-order chi connectivity index (χ0) is 22.4. The van der Waals surface area contributed by atoms with E-state index in [-0.39, 0.29) is 29.7 Å². The average Bonchev–Trinajstić information content (AvgIpc) is 3.22. The number of amides is 2. The van der Waals surface area contributed by atoms with Crippen molar-refractivity contribution in [1.82, 2.24) is 10.3 Å². The molecular formula is C25H29N3O2S. The van der Waals surface area contributed by atoms with Crippen LogP contribution in [-0.4, -0.2) is 16.8 Å². The molecule has 31 heavy (non-hydrogen) atoms. The fourth-order valence-electron chi connectivity index (χ4n) is 3.61. The Hall–Kier alpha value is -2.99. The summed E-state index contributed by atoms with van der Waals surface area (Å²) in [6.07, 6.45) is 0.916. The summed E-state index contributed by atoms with van der Waals surface area (Å²) in [6, 6.07) is 17.8. The first kappa shape index (κ1) is 22.7. The van der Waals surface area contributed by atoms with Crippen LogP contribution in [0, 0.1) is 5.92 Å². The Morgan fingerprint density at radius 3 is 2.29 bits per heavy atom. The van der Waals surface area contributed by atoms with E-state index in [1.165, 1.54) is 18.3 Å². The van der Waals surface area contributed by atoms with E-state index in [1.807, 2.05) is 66.9 Å². The SMILES string of the molecule is CCC(C)C(C(=O)Nc1nc(-c2ccc(C(C)NC(C)=O)cc2)cs1)c1ccccc1. The summed E-state index contributed by atoms with van der Waals surface area (Å²) >= 11 is 1.42. The maximum atomic E-state index is 13.1. The molecule has 3 atom stereocenters. The van der Waals surface area contributed by atoms with Gasteiger partial charge in [-0.05, 0) is 24.0 Å². The topological polar surface area (TPSA) is 71.1 Å². The van der Waals surface area contributed by atoms with E-state index in [2.05, 4.69) is 29.5 Å². The fraction of sp³-hybridized carbons (Fsp3) is 0.320. The molecule has 0 aliphatic carbocycles. The van der Waals surface area contributed by atoms with E-state index >= 15 is 0 Å². The molecule has 0 saturated carbocycles. The molecule has 0 saturated heterocycles. The Labute approximate surface area is 187 Å². The minimum Gasteiger partial charge on any atom is -0.350 e. The van der Waals surface area contributed by atoms with Gasteiger partial charge in [-0.1, -0.05) is 74.9 Å². The molecule has 0 aliphatic heterocycles. The lowest BCUT2D eigenvalue weighted by molar-refractivity contribution is -0.120. The highest BCUT2D eigenvalue weighted by Gasteiger charge is 2.26. The average molecular weight is 436 g/mol. The number of carbonyl (C=O) groups excluding carboxylic acids is 2. The van der Waals surface area contributed by atoms with Gasteiger partial charge in [0.1, 0.15) is 0 Å². The van der Waals surface area contributed by atoms with Crippen molar-refractivity contribution in [3.05, 3.63) is 71.1 Å². The quantitative estimate of drug-likeness (QED) is 0.471. The molecule has 0 aliphatic rings. The smallest absolute Gasteiger partial charge is 0.233 e. The van der Waals surface area contributed by atoms with E-state index in [0.717, 1.165) is 28.8 Å². The number of anilines is 1. The van der Waals surface area contributed by atoms with E-state index < -0.39 is 0 Å². The van der Waals surface area contributed by atoms with Crippen molar-refractivity contribution in [3.63, 3.8) is 0 Å². The normalized spacial score (nSPS) is 13.8. The molecule has 5 nitrogen and oxygen atoms in total. The molecule has 3 rings (SSSR count). The molecular weight excluding hydrogens is 406 g/mol. The van der Waals surface area contributed by atoms with Crippen LogP contribution in [0.15, 0.2) is 60.0 Å². The van der Waals surface area contributed by atoms with E-state index in [1.54, 1.807) is 0 Å². The third-order valence-electron chi connectivity index (χ3n) is 5.51. The highest BCUT2D eigenvalue weighted by atomic mass is 32.1. The number of thiazole rings is 1. The highest BCUT2D eigenvalue weighted by Crippen LogP contribution is 2.31. The lowest BCUT2D eigenvalue weighted by atomic mass is 9.85. The Morgan fingerprint density at radius 1 is 1.00 bits per heavy atom. The standard InChI is InChI=1S/C25H29N3O2S/c1-5-16(2)23(21-9-7-6-8-10-21)24(30)28-25-27-22(15-31-25)20-13-11-19(12-14-20)17(3)26-18(4)29/h6-17,23H,5H2,1-4H3,(H,26,29)(H,27,28,30). The molecule has 2 N–H and O–H groups in total. The maximum Gasteiger partial charge on any atom is 0.233 e. The molecule has 0 radical (unpaired) electrons. The molecule has 2 aromatic carbocycles. The molecule has 3 aromatic rings. The molecule has 162 valence electrons. The monoisotopic (exact) mass is 435 g/mol. The van der Waals surface area contributed by atoms with Crippen molar-refractivity contribution in [3.8, 4) is 11.3 Å². The van der Waals surface area contributed by atoms with E-state index in [0.29, 0.717) is 5.13 Å². The van der Waals surface area contributed by atoms with E-state index in [9.17, 15) is 9.59 Å². The summed E-state index contributed by atoms with van der Waals surface area (Å²) < 4.78 is 0.